The van der Waals surface area contributed by atoms with Crippen LogP contribution in [0.4, 0.5) is 17.1 Å². The van der Waals surface area contributed by atoms with E-state index in [4.69, 9.17) is 2.74 Å². The van der Waals surface area contributed by atoms with Gasteiger partial charge in [-0.15, -0.1) is 0 Å². The molecule has 1 spiro atoms. The second kappa shape index (κ2) is 11.8. The lowest BCUT2D eigenvalue weighted by Gasteiger charge is -2.32. The van der Waals surface area contributed by atoms with Crippen molar-refractivity contribution in [1.29, 1.82) is 0 Å². The second-order valence-corrected chi connectivity index (χ2v) is 15.7. The van der Waals surface area contributed by atoms with Crippen LogP contribution < -0.4 is 4.90 Å². The van der Waals surface area contributed by atoms with Gasteiger partial charge in [0.25, 0.3) is 0 Å². The Hall–Kier alpha value is -6.44. The van der Waals surface area contributed by atoms with Gasteiger partial charge >= 0.3 is 0 Å². The Morgan fingerprint density at radius 2 is 0.855 bits per heavy atom. The van der Waals surface area contributed by atoms with Gasteiger partial charge in [-0.05, 0) is 126 Å². The highest BCUT2D eigenvalue weighted by molar-refractivity contribution is 5.96. The normalized spacial score (nSPS) is 15.3. The maximum Gasteiger partial charge on any atom is 0.0726 e. The van der Waals surface area contributed by atoms with Gasteiger partial charge in [0, 0.05) is 25.2 Å². The summed E-state index contributed by atoms with van der Waals surface area (Å²) in [6.45, 7) is 6.31. The number of aryl methyl sites for hydroxylation is 1. The van der Waals surface area contributed by atoms with E-state index in [1.807, 2.05) is 18.2 Å². The van der Waals surface area contributed by atoms with E-state index in [0.29, 0.717) is 5.56 Å². The molecule has 0 N–H and O–H groups in total. The third-order valence-corrected chi connectivity index (χ3v) is 12.7. The lowest BCUT2D eigenvalue weighted by atomic mass is 9.70. The van der Waals surface area contributed by atoms with Gasteiger partial charge in [-0.2, -0.15) is 0 Å². The Kier molecular flexibility index (Phi) is 6.41. The summed E-state index contributed by atoms with van der Waals surface area (Å²) in [5, 5.41) is 0. The Labute approximate surface area is 327 Å². The van der Waals surface area contributed by atoms with Crippen molar-refractivity contribution in [3.8, 4) is 44.5 Å². The fourth-order valence-corrected chi connectivity index (χ4v) is 10.2. The minimum absolute atomic E-state index is 0.145. The molecule has 262 valence electrons. The SMILES string of the molecule is [2H]C([2H])(C)c1cccc(-c2ccc(N(c3ccc4c(c3)C(C)(C)c3ccccc3-4)c3ccc4c(c3)C3(c5ccccc5-c5ccccc53)c3ccccc3-4)cc2)c1. The third-order valence-electron chi connectivity index (χ3n) is 12.7. The molecule has 8 aromatic carbocycles. The number of anilines is 3. The predicted molar refractivity (Wildman–Crippen MR) is 230 cm³/mol. The van der Waals surface area contributed by atoms with Crippen LogP contribution in [0.1, 0.15) is 62.5 Å². The number of rotatable bonds is 5. The van der Waals surface area contributed by atoms with E-state index in [1.54, 1.807) is 6.92 Å². The number of fused-ring (bicyclic) bond motifs is 13. The van der Waals surface area contributed by atoms with E-state index < -0.39 is 11.8 Å². The standard InChI is InChI=1S/C54H41N/c1-4-35-14-13-15-37(32-35)36-24-26-38(27-25-36)55(39-28-30-45-41-16-5-9-20-47(41)53(2,3)51(45)33-39)40-29-31-46-44-19-8-12-23-50(44)54(52(46)34-40)48-21-10-6-17-42(48)43-18-7-11-22-49(43)54/h5-34H,4H2,1-3H3/i4D2. The zero-order valence-electron chi connectivity index (χ0n) is 33.3. The zero-order valence-corrected chi connectivity index (χ0v) is 31.3. The summed E-state index contributed by atoms with van der Waals surface area (Å²) in [7, 11) is 0. The average molecular weight is 706 g/mol. The van der Waals surface area contributed by atoms with Crippen LogP contribution in [0.2, 0.25) is 0 Å². The largest absolute Gasteiger partial charge is 0.310 e. The first kappa shape index (κ1) is 29.9. The summed E-state index contributed by atoms with van der Waals surface area (Å²) >= 11 is 0. The lowest BCUT2D eigenvalue weighted by Crippen LogP contribution is -2.26. The van der Waals surface area contributed by atoms with E-state index >= 15 is 0 Å². The van der Waals surface area contributed by atoms with Crippen molar-refractivity contribution in [2.45, 2.75) is 38.0 Å². The molecular weight excluding hydrogens is 663 g/mol. The van der Waals surface area contributed by atoms with Crippen LogP contribution in [0.25, 0.3) is 44.5 Å². The summed E-state index contributed by atoms with van der Waals surface area (Å²) in [5.41, 5.74) is 21.2. The van der Waals surface area contributed by atoms with Gasteiger partial charge in [0.1, 0.15) is 0 Å². The Balaban J connectivity index is 1.13. The monoisotopic (exact) mass is 705 g/mol. The van der Waals surface area contributed by atoms with Crippen molar-refractivity contribution < 1.29 is 2.74 Å². The van der Waals surface area contributed by atoms with Gasteiger partial charge in [-0.25, -0.2) is 0 Å². The molecule has 0 unspecified atom stereocenters. The minimum Gasteiger partial charge on any atom is -0.310 e. The molecule has 1 nitrogen and oxygen atoms in total. The molecule has 0 aliphatic heterocycles. The first-order valence-corrected chi connectivity index (χ1v) is 19.3. The number of hydrogen-bond donors (Lipinski definition) is 0. The first-order chi connectivity index (χ1) is 27.7. The van der Waals surface area contributed by atoms with Crippen LogP contribution in [0.3, 0.4) is 0 Å². The molecule has 3 aliphatic carbocycles. The molecule has 1 heteroatoms. The summed E-state index contributed by atoms with van der Waals surface area (Å²) in [5.74, 6) is 0. The molecule has 11 rings (SSSR count). The molecule has 0 atom stereocenters. The number of hydrogen-bond acceptors (Lipinski definition) is 1. The van der Waals surface area contributed by atoms with E-state index in [9.17, 15) is 0 Å². The number of benzene rings is 8. The van der Waals surface area contributed by atoms with Crippen molar-refractivity contribution >= 4 is 17.1 Å². The Morgan fingerprint density at radius 1 is 0.400 bits per heavy atom. The van der Waals surface area contributed by atoms with Crippen molar-refractivity contribution in [3.05, 3.63) is 221 Å². The van der Waals surface area contributed by atoms with Gasteiger partial charge in [-0.3, -0.25) is 0 Å². The quantitative estimate of drug-likeness (QED) is 0.172. The second-order valence-electron chi connectivity index (χ2n) is 15.7. The predicted octanol–water partition coefficient (Wildman–Crippen LogP) is 14.0. The molecule has 0 heterocycles. The van der Waals surface area contributed by atoms with Crippen molar-refractivity contribution in [3.63, 3.8) is 0 Å². The van der Waals surface area contributed by atoms with E-state index in [-0.39, 0.29) is 5.41 Å². The highest BCUT2D eigenvalue weighted by Crippen LogP contribution is 2.63. The number of nitrogens with zero attached hydrogens (tertiary/aromatic N) is 1. The maximum atomic E-state index is 8.33. The molecule has 3 aliphatic rings. The molecule has 0 aromatic heterocycles. The summed E-state index contributed by atoms with van der Waals surface area (Å²) in [6.07, 6.45) is -1.42. The van der Waals surface area contributed by atoms with Crippen LogP contribution in [-0.2, 0) is 17.2 Å². The van der Waals surface area contributed by atoms with Gasteiger partial charge in [-0.1, -0.05) is 166 Å². The maximum absolute atomic E-state index is 8.33. The van der Waals surface area contributed by atoms with E-state index in [2.05, 4.69) is 183 Å². The van der Waals surface area contributed by atoms with Gasteiger partial charge in [0.2, 0.25) is 0 Å². The third kappa shape index (κ3) is 4.41. The van der Waals surface area contributed by atoms with E-state index in [1.165, 1.54) is 66.8 Å². The van der Waals surface area contributed by atoms with Crippen LogP contribution in [0.5, 0.6) is 0 Å². The molecule has 0 radical (unpaired) electrons. The molecule has 0 amide bonds. The van der Waals surface area contributed by atoms with Crippen LogP contribution in [0, 0.1) is 0 Å². The summed E-state index contributed by atoms with van der Waals surface area (Å²) < 4.78 is 16.7. The van der Waals surface area contributed by atoms with Gasteiger partial charge in [0.15, 0.2) is 0 Å². The molecule has 0 fully saturated rings. The fraction of sp³-hybridized carbons (Fsp3) is 0.111. The van der Waals surface area contributed by atoms with Gasteiger partial charge < -0.3 is 4.90 Å². The zero-order chi connectivity index (χ0) is 38.7. The van der Waals surface area contributed by atoms with Crippen molar-refractivity contribution in [1.82, 2.24) is 0 Å². The average Bonchev–Trinajstić information content (AvgIpc) is 3.79. The Morgan fingerprint density at radius 3 is 1.42 bits per heavy atom. The Bertz CT molecular complexity index is 2870. The highest BCUT2D eigenvalue weighted by atomic mass is 15.1. The molecule has 8 aromatic rings. The molecule has 0 saturated carbocycles. The van der Waals surface area contributed by atoms with Crippen LogP contribution in [0.15, 0.2) is 182 Å². The summed E-state index contributed by atoms with van der Waals surface area (Å²) in [4.78, 5) is 2.42. The first-order valence-electron chi connectivity index (χ1n) is 20.3. The summed E-state index contributed by atoms with van der Waals surface area (Å²) in [6, 6.07) is 66.6. The van der Waals surface area contributed by atoms with E-state index in [0.717, 1.165) is 28.2 Å². The van der Waals surface area contributed by atoms with Crippen LogP contribution >= 0.6 is 0 Å². The smallest absolute Gasteiger partial charge is 0.0726 e. The molecule has 0 saturated heterocycles. The molecule has 0 bridgehead atoms. The highest BCUT2D eigenvalue weighted by Gasteiger charge is 2.51. The minimum atomic E-state index is -1.42. The van der Waals surface area contributed by atoms with Gasteiger partial charge in [0.05, 0.1) is 5.41 Å². The fourth-order valence-electron chi connectivity index (χ4n) is 10.2. The lowest BCUT2D eigenvalue weighted by molar-refractivity contribution is 0.660. The molecular formula is C54H41N. The molecule has 55 heavy (non-hydrogen) atoms. The van der Waals surface area contributed by atoms with Crippen LogP contribution in [-0.4, -0.2) is 0 Å². The van der Waals surface area contributed by atoms with Crippen molar-refractivity contribution in [2.75, 3.05) is 4.90 Å². The van der Waals surface area contributed by atoms with Crippen molar-refractivity contribution in [2.24, 2.45) is 0 Å². The topological polar surface area (TPSA) is 3.24 Å².